The highest BCUT2D eigenvalue weighted by atomic mass is 16.6. The molecule has 1 saturated heterocycles. The van der Waals surface area contributed by atoms with Crippen molar-refractivity contribution in [2.75, 3.05) is 12.4 Å². The summed E-state index contributed by atoms with van der Waals surface area (Å²) in [6.45, 7) is 3.80. The Morgan fingerprint density at radius 3 is 2.51 bits per heavy atom. The number of methoxy groups -OCH3 is 1. The molecule has 0 radical (unpaired) electrons. The number of carbonyl (C=O) groups excluding carboxylic acids is 4. The molecule has 0 spiro atoms. The van der Waals surface area contributed by atoms with E-state index >= 15 is 0 Å². The first kappa shape index (κ1) is 26.5. The molecule has 10 heteroatoms. The Morgan fingerprint density at radius 1 is 1.13 bits per heavy atom. The van der Waals surface area contributed by atoms with Gasteiger partial charge in [-0.25, -0.2) is 4.79 Å². The Balaban J connectivity index is 1.47. The summed E-state index contributed by atoms with van der Waals surface area (Å²) in [5, 5.41) is 11.6. The van der Waals surface area contributed by atoms with Crippen molar-refractivity contribution in [3.8, 4) is 6.07 Å². The number of rotatable bonds is 4. The second kappa shape index (κ2) is 9.88. The largest absolute Gasteiger partial charge is 0.472 e. The molecule has 0 bridgehead atoms. The van der Waals surface area contributed by atoms with Crippen molar-refractivity contribution in [1.29, 1.82) is 5.26 Å². The molecule has 2 aromatic rings. The maximum Gasteiger partial charge on any atom is 0.412 e. The Hall–Kier alpha value is -4.13. The number of ether oxygens (including phenoxy) is 3. The molecule has 5 rings (SSSR count). The van der Waals surface area contributed by atoms with Crippen LogP contribution in [-0.2, 0) is 28.6 Å². The van der Waals surface area contributed by atoms with Crippen LogP contribution in [0.4, 0.5) is 10.5 Å². The van der Waals surface area contributed by atoms with Crippen molar-refractivity contribution < 1.29 is 37.8 Å². The summed E-state index contributed by atoms with van der Waals surface area (Å²) in [4.78, 5) is 53.3. The fourth-order valence-electron chi connectivity index (χ4n) is 7.17. The summed E-state index contributed by atoms with van der Waals surface area (Å²) in [5.41, 5.74) is -0.162. The zero-order valence-corrected chi connectivity index (χ0v) is 22.0. The molecule has 39 heavy (non-hydrogen) atoms. The third-order valence-electron chi connectivity index (χ3n) is 9.01. The van der Waals surface area contributed by atoms with Crippen LogP contribution >= 0.6 is 0 Å². The standard InChI is InChI=1S/C29H30N2O8/c1-28-10-8-19-26(34)38-22(17-9-11-37-15-17)13-29(19,2)24(28)23(32)21(12-20(28)25(33)36-3)39-27(35)31-18-6-4-16(14-30)5-7-18/h4-7,9,11,15,19-22,24H,8,10,12-13H2,1-3H3,(H,31,35)/t19-,20-,21-,22-,24-,28-,29-/m0/s1. The van der Waals surface area contributed by atoms with E-state index in [-0.39, 0.29) is 18.2 Å². The predicted molar refractivity (Wildman–Crippen MR) is 135 cm³/mol. The number of ketones is 1. The number of Topliss-reactive ketones (excluding diaryl/α,β-unsaturated/α-hetero) is 1. The molecular weight excluding hydrogens is 504 g/mol. The first-order valence-corrected chi connectivity index (χ1v) is 12.9. The van der Waals surface area contributed by atoms with Gasteiger partial charge in [0.2, 0.25) is 0 Å². The van der Waals surface area contributed by atoms with Crippen LogP contribution in [0.25, 0.3) is 0 Å². The number of esters is 2. The van der Waals surface area contributed by atoms with Gasteiger partial charge in [-0.15, -0.1) is 0 Å². The van der Waals surface area contributed by atoms with Gasteiger partial charge in [-0.1, -0.05) is 13.8 Å². The number of cyclic esters (lactones) is 1. The van der Waals surface area contributed by atoms with E-state index in [9.17, 15) is 19.2 Å². The van der Waals surface area contributed by atoms with Crippen molar-refractivity contribution in [2.24, 2.45) is 28.6 Å². The van der Waals surface area contributed by atoms with Gasteiger partial charge >= 0.3 is 18.0 Å². The van der Waals surface area contributed by atoms with E-state index in [0.717, 1.165) is 0 Å². The van der Waals surface area contributed by atoms with E-state index in [0.29, 0.717) is 36.1 Å². The van der Waals surface area contributed by atoms with E-state index in [4.69, 9.17) is 23.9 Å². The number of hydrogen-bond donors (Lipinski definition) is 1. The van der Waals surface area contributed by atoms with Gasteiger partial charge in [0.15, 0.2) is 11.9 Å². The zero-order valence-electron chi connectivity index (χ0n) is 22.0. The minimum Gasteiger partial charge on any atom is -0.472 e. The maximum atomic E-state index is 14.2. The van der Waals surface area contributed by atoms with E-state index in [1.807, 2.05) is 19.9 Å². The number of nitrogens with zero attached hydrogens (tertiary/aromatic N) is 1. The molecule has 2 saturated carbocycles. The van der Waals surface area contributed by atoms with Gasteiger partial charge in [0.1, 0.15) is 6.10 Å². The van der Waals surface area contributed by atoms with Crippen LogP contribution in [0.2, 0.25) is 0 Å². The van der Waals surface area contributed by atoms with Gasteiger partial charge in [-0.05, 0) is 60.4 Å². The quantitative estimate of drug-likeness (QED) is 0.441. The molecule has 2 aliphatic carbocycles. The number of nitriles is 1. The molecule has 2 heterocycles. The Morgan fingerprint density at radius 2 is 1.87 bits per heavy atom. The number of fused-ring (bicyclic) bond motifs is 3. The van der Waals surface area contributed by atoms with Gasteiger partial charge in [0, 0.05) is 23.6 Å². The first-order chi connectivity index (χ1) is 18.6. The fourth-order valence-corrected chi connectivity index (χ4v) is 7.17. The van der Waals surface area contributed by atoms with Gasteiger partial charge in [-0.2, -0.15) is 5.26 Å². The van der Waals surface area contributed by atoms with Crippen LogP contribution < -0.4 is 5.32 Å². The topological polar surface area (TPSA) is 145 Å². The number of anilines is 1. The summed E-state index contributed by atoms with van der Waals surface area (Å²) < 4.78 is 21.7. The lowest BCUT2D eigenvalue weighted by Crippen LogP contribution is -2.64. The zero-order chi connectivity index (χ0) is 27.9. The van der Waals surface area contributed by atoms with Gasteiger partial charge in [0.05, 0.1) is 43.1 Å². The SMILES string of the molecule is COC(=O)[C@@H]1C[C@H](OC(=O)Nc2ccc(C#N)cc2)C(=O)[C@H]2[C@@]1(C)CC[C@H]1C(=O)O[C@H](c3ccoc3)C[C@]21C. The van der Waals surface area contributed by atoms with E-state index < -0.39 is 52.9 Å². The average Bonchev–Trinajstić information content (AvgIpc) is 3.45. The normalized spacial score (nSPS) is 33.5. The number of carbonyl (C=O) groups is 4. The molecule has 204 valence electrons. The summed E-state index contributed by atoms with van der Waals surface area (Å²) in [5.74, 6) is -3.23. The highest BCUT2D eigenvalue weighted by molar-refractivity contribution is 5.94. The van der Waals surface area contributed by atoms with Crippen molar-refractivity contribution in [3.05, 3.63) is 54.0 Å². The Kier molecular flexibility index (Phi) is 6.70. The second-order valence-electron chi connectivity index (χ2n) is 11.1. The second-order valence-corrected chi connectivity index (χ2v) is 11.1. The predicted octanol–water partition coefficient (Wildman–Crippen LogP) is 4.56. The maximum absolute atomic E-state index is 14.2. The van der Waals surface area contributed by atoms with Crippen molar-refractivity contribution >= 4 is 29.5 Å². The van der Waals surface area contributed by atoms with Crippen LogP contribution in [0.5, 0.6) is 0 Å². The molecule has 3 fully saturated rings. The lowest BCUT2D eigenvalue weighted by molar-refractivity contribution is -0.207. The number of benzene rings is 1. The third-order valence-corrected chi connectivity index (χ3v) is 9.01. The molecule has 1 N–H and O–H groups in total. The van der Waals surface area contributed by atoms with Gasteiger partial charge in [0.25, 0.3) is 0 Å². The number of amides is 1. The van der Waals surface area contributed by atoms with E-state index in [1.54, 1.807) is 30.3 Å². The lowest BCUT2D eigenvalue weighted by atomic mass is 9.43. The molecule has 0 unspecified atom stereocenters. The van der Waals surface area contributed by atoms with E-state index in [1.165, 1.54) is 19.6 Å². The van der Waals surface area contributed by atoms with Gasteiger partial charge in [-0.3, -0.25) is 19.7 Å². The van der Waals surface area contributed by atoms with Crippen LogP contribution in [0, 0.1) is 39.9 Å². The highest BCUT2D eigenvalue weighted by Crippen LogP contribution is 2.65. The van der Waals surface area contributed by atoms with Crippen LogP contribution in [0.15, 0.2) is 47.3 Å². The Bertz CT molecular complexity index is 1330. The molecule has 10 nitrogen and oxygen atoms in total. The number of hydrogen-bond acceptors (Lipinski definition) is 9. The molecule has 1 aromatic carbocycles. The molecule has 1 amide bonds. The molecule has 7 atom stereocenters. The highest BCUT2D eigenvalue weighted by Gasteiger charge is 2.67. The number of furan rings is 1. The summed E-state index contributed by atoms with van der Waals surface area (Å²) in [6.07, 6.45) is 1.58. The van der Waals surface area contributed by atoms with E-state index in [2.05, 4.69) is 5.32 Å². The summed E-state index contributed by atoms with van der Waals surface area (Å²) >= 11 is 0. The first-order valence-electron chi connectivity index (χ1n) is 12.9. The minimum absolute atomic E-state index is 0.0182. The van der Waals surface area contributed by atoms with Crippen molar-refractivity contribution in [1.82, 2.24) is 0 Å². The third kappa shape index (κ3) is 4.46. The lowest BCUT2D eigenvalue weighted by Gasteiger charge is -2.60. The van der Waals surface area contributed by atoms with Crippen LogP contribution in [0.3, 0.4) is 0 Å². The monoisotopic (exact) mass is 534 g/mol. The van der Waals surface area contributed by atoms with Gasteiger partial charge < -0.3 is 18.6 Å². The average molecular weight is 535 g/mol. The Labute approximate surface area is 225 Å². The number of nitrogens with one attached hydrogen (secondary N) is 1. The fraction of sp³-hybridized carbons (Fsp3) is 0.483. The van der Waals surface area contributed by atoms with Crippen LogP contribution in [0.1, 0.15) is 56.8 Å². The summed E-state index contributed by atoms with van der Waals surface area (Å²) in [6, 6.07) is 9.91. The minimum atomic E-state index is -1.22. The van der Waals surface area contributed by atoms with Crippen molar-refractivity contribution in [2.45, 2.75) is 51.7 Å². The smallest absolute Gasteiger partial charge is 0.412 e. The molecule has 3 aliphatic rings. The van der Waals surface area contributed by atoms with Crippen molar-refractivity contribution in [3.63, 3.8) is 0 Å². The molecular formula is C29H30N2O8. The molecule has 1 aliphatic heterocycles. The summed E-state index contributed by atoms with van der Waals surface area (Å²) in [7, 11) is 1.30. The molecule has 1 aromatic heterocycles. The van der Waals surface area contributed by atoms with Crippen LogP contribution in [-0.4, -0.2) is 37.0 Å².